The lowest BCUT2D eigenvalue weighted by atomic mass is 9.81. The SMILES string of the molecule is C=C1CCCC(c2ccc(C(C)C)cc2)C1. The van der Waals surface area contributed by atoms with Crippen molar-refractivity contribution in [3.05, 3.63) is 47.5 Å². The molecule has 0 amide bonds. The van der Waals surface area contributed by atoms with Crippen molar-refractivity contribution in [1.29, 1.82) is 0 Å². The standard InChI is InChI=1S/C16H22/c1-12(2)14-7-9-15(10-8-14)16-6-4-5-13(3)11-16/h7-10,12,16H,3-6,11H2,1-2H3. The molecule has 16 heavy (non-hydrogen) atoms. The Hall–Kier alpha value is -1.04. The highest BCUT2D eigenvalue weighted by molar-refractivity contribution is 5.28. The minimum atomic E-state index is 0.635. The summed E-state index contributed by atoms with van der Waals surface area (Å²) >= 11 is 0. The summed E-state index contributed by atoms with van der Waals surface area (Å²) in [5.41, 5.74) is 4.38. The summed E-state index contributed by atoms with van der Waals surface area (Å²) in [5.74, 6) is 1.36. The molecule has 0 saturated heterocycles. The predicted octanol–water partition coefficient (Wildman–Crippen LogP) is 5.02. The summed E-state index contributed by atoms with van der Waals surface area (Å²) < 4.78 is 0. The average molecular weight is 214 g/mol. The maximum Gasteiger partial charge on any atom is -0.0125 e. The molecule has 1 unspecified atom stereocenters. The molecule has 0 aliphatic heterocycles. The maximum atomic E-state index is 4.14. The summed E-state index contributed by atoms with van der Waals surface area (Å²) in [6, 6.07) is 9.21. The first-order valence-electron chi connectivity index (χ1n) is 6.43. The van der Waals surface area contributed by atoms with Crippen LogP contribution in [0.4, 0.5) is 0 Å². The van der Waals surface area contributed by atoms with E-state index >= 15 is 0 Å². The van der Waals surface area contributed by atoms with E-state index in [0.29, 0.717) is 5.92 Å². The second kappa shape index (κ2) is 4.86. The molecule has 1 aliphatic carbocycles. The first-order valence-corrected chi connectivity index (χ1v) is 6.43. The molecule has 1 aromatic carbocycles. The molecule has 1 fully saturated rings. The molecule has 0 N–H and O–H groups in total. The lowest BCUT2D eigenvalue weighted by Crippen LogP contribution is -2.06. The van der Waals surface area contributed by atoms with Gasteiger partial charge in [0, 0.05) is 0 Å². The van der Waals surface area contributed by atoms with E-state index in [-0.39, 0.29) is 0 Å². The van der Waals surface area contributed by atoms with Crippen LogP contribution in [-0.2, 0) is 0 Å². The van der Waals surface area contributed by atoms with Crippen LogP contribution in [0.2, 0.25) is 0 Å². The number of hydrogen-bond acceptors (Lipinski definition) is 0. The van der Waals surface area contributed by atoms with Crippen LogP contribution in [0.5, 0.6) is 0 Å². The van der Waals surface area contributed by atoms with Crippen LogP contribution in [0.3, 0.4) is 0 Å². The number of rotatable bonds is 2. The van der Waals surface area contributed by atoms with Crippen LogP contribution in [0.25, 0.3) is 0 Å². The van der Waals surface area contributed by atoms with Crippen molar-refractivity contribution in [2.75, 3.05) is 0 Å². The minimum absolute atomic E-state index is 0.635. The lowest BCUT2D eigenvalue weighted by molar-refractivity contribution is 0.524. The van der Waals surface area contributed by atoms with Crippen molar-refractivity contribution in [2.24, 2.45) is 0 Å². The molecular weight excluding hydrogens is 192 g/mol. The second-order valence-electron chi connectivity index (χ2n) is 5.36. The highest BCUT2D eigenvalue weighted by Gasteiger charge is 2.17. The molecule has 1 atom stereocenters. The van der Waals surface area contributed by atoms with E-state index in [4.69, 9.17) is 0 Å². The van der Waals surface area contributed by atoms with Crippen molar-refractivity contribution in [3.8, 4) is 0 Å². The Labute approximate surface area is 99.4 Å². The van der Waals surface area contributed by atoms with Crippen LogP contribution in [0.15, 0.2) is 36.4 Å². The molecule has 86 valence electrons. The third kappa shape index (κ3) is 2.55. The second-order valence-corrected chi connectivity index (χ2v) is 5.36. The van der Waals surface area contributed by atoms with Crippen molar-refractivity contribution in [1.82, 2.24) is 0 Å². The van der Waals surface area contributed by atoms with Gasteiger partial charge >= 0.3 is 0 Å². The van der Waals surface area contributed by atoms with E-state index in [1.165, 1.54) is 42.4 Å². The van der Waals surface area contributed by atoms with Gasteiger partial charge in [0.05, 0.1) is 0 Å². The van der Waals surface area contributed by atoms with E-state index in [0.717, 1.165) is 5.92 Å². The van der Waals surface area contributed by atoms with E-state index in [9.17, 15) is 0 Å². The fourth-order valence-electron chi connectivity index (χ4n) is 2.59. The molecule has 0 nitrogen and oxygen atoms in total. The summed E-state index contributed by atoms with van der Waals surface area (Å²) in [5, 5.41) is 0. The molecule has 0 bridgehead atoms. The Morgan fingerprint density at radius 1 is 1.19 bits per heavy atom. The zero-order chi connectivity index (χ0) is 11.5. The molecule has 1 saturated carbocycles. The van der Waals surface area contributed by atoms with Gasteiger partial charge in [-0.05, 0) is 48.6 Å². The van der Waals surface area contributed by atoms with Gasteiger partial charge in [-0.1, -0.05) is 50.3 Å². The summed E-state index contributed by atoms with van der Waals surface area (Å²) in [6.45, 7) is 8.63. The van der Waals surface area contributed by atoms with Gasteiger partial charge in [0.1, 0.15) is 0 Å². The third-order valence-corrected chi connectivity index (χ3v) is 3.69. The molecule has 0 spiro atoms. The first-order chi connectivity index (χ1) is 7.66. The van der Waals surface area contributed by atoms with E-state index < -0.39 is 0 Å². The average Bonchev–Trinajstić information content (AvgIpc) is 2.29. The first kappa shape index (κ1) is 11.4. The molecule has 0 aromatic heterocycles. The van der Waals surface area contributed by atoms with Gasteiger partial charge in [0.2, 0.25) is 0 Å². The van der Waals surface area contributed by atoms with E-state index in [2.05, 4.69) is 44.7 Å². The maximum absolute atomic E-state index is 4.14. The largest absolute Gasteiger partial charge is 0.0998 e. The minimum Gasteiger partial charge on any atom is -0.0998 e. The molecular formula is C16H22. The van der Waals surface area contributed by atoms with Gasteiger partial charge in [-0.2, -0.15) is 0 Å². The van der Waals surface area contributed by atoms with Crippen LogP contribution in [-0.4, -0.2) is 0 Å². The van der Waals surface area contributed by atoms with Crippen LogP contribution < -0.4 is 0 Å². The summed E-state index contributed by atoms with van der Waals surface area (Å²) in [6.07, 6.45) is 5.08. The molecule has 0 heteroatoms. The smallest absolute Gasteiger partial charge is 0.0125 e. The zero-order valence-electron chi connectivity index (χ0n) is 10.5. The summed E-state index contributed by atoms with van der Waals surface area (Å²) in [4.78, 5) is 0. The monoisotopic (exact) mass is 214 g/mol. The van der Waals surface area contributed by atoms with Crippen LogP contribution in [0, 0.1) is 0 Å². The van der Waals surface area contributed by atoms with E-state index in [1.807, 2.05) is 0 Å². The Balaban J connectivity index is 2.11. The predicted molar refractivity (Wildman–Crippen MR) is 70.9 cm³/mol. The van der Waals surface area contributed by atoms with Crippen molar-refractivity contribution in [2.45, 2.75) is 51.4 Å². The van der Waals surface area contributed by atoms with E-state index in [1.54, 1.807) is 0 Å². The normalized spacial score (nSPS) is 21.4. The Bertz CT molecular complexity index is 356. The number of hydrogen-bond donors (Lipinski definition) is 0. The van der Waals surface area contributed by atoms with Gasteiger partial charge in [0.15, 0.2) is 0 Å². The van der Waals surface area contributed by atoms with Gasteiger partial charge in [-0.3, -0.25) is 0 Å². The Morgan fingerprint density at radius 2 is 1.88 bits per heavy atom. The quantitative estimate of drug-likeness (QED) is 0.606. The number of benzene rings is 1. The van der Waals surface area contributed by atoms with Crippen molar-refractivity contribution >= 4 is 0 Å². The summed E-state index contributed by atoms with van der Waals surface area (Å²) in [7, 11) is 0. The fraction of sp³-hybridized carbons (Fsp3) is 0.500. The zero-order valence-corrected chi connectivity index (χ0v) is 10.5. The van der Waals surface area contributed by atoms with Crippen molar-refractivity contribution in [3.63, 3.8) is 0 Å². The Morgan fingerprint density at radius 3 is 2.44 bits per heavy atom. The lowest BCUT2D eigenvalue weighted by Gasteiger charge is -2.24. The van der Waals surface area contributed by atoms with Gasteiger partial charge in [-0.25, -0.2) is 0 Å². The van der Waals surface area contributed by atoms with Crippen LogP contribution in [0.1, 0.15) is 62.5 Å². The molecule has 1 aromatic rings. The Kier molecular flexibility index (Phi) is 3.48. The highest BCUT2D eigenvalue weighted by atomic mass is 14.2. The fourth-order valence-corrected chi connectivity index (χ4v) is 2.59. The van der Waals surface area contributed by atoms with Gasteiger partial charge in [-0.15, -0.1) is 0 Å². The third-order valence-electron chi connectivity index (χ3n) is 3.69. The topological polar surface area (TPSA) is 0 Å². The molecule has 0 heterocycles. The molecule has 0 radical (unpaired) electrons. The number of allylic oxidation sites excluding steroid dienone is 1. The molecule has 1 aliphatic rings. The van der Waals surface area contributed by atoms with Crippen molar-refractivity contribution < 1.29 is 0 Å². The molecule has 2 rings (SSSR count). The highest BCUT2D eigenvalue weighted by Crippen LogP contribution is 2.35. The van der Waals surface area contributed by atoms with Gasteiger partial charge in [0.25, 0.3) is 0 Å². The van der Waals surface area contributed by atoms with Crippen LogP contribution >= 0.6 is 0 Å². The van der Waals surface area contributed by atoms with Gasteiger partial charge < -0.3 is 0 Å².